The van der Waals surface area contributed by atoms with Gasteiger partial charge in [-0.25, -0.2) is 9.97 Å². The Morgan fingerprint density at radius 1 is 1.12 bits per heavy atom. The molecule has 1 saturated heterocycles. The van der Waals surface area contributed by atoms with Gasteiger partial charge < -0.3 is 14.8 Å². The number of aromatic amines is 1. The highest BCUT2D eigenvalue weighted by molar-refractivity contribution is 5.76. The first-order valence-electron chi connectivity index (χ1n) is 8.53. The average Bonchev–Trinajstić information content (AvgIpc) is 3.06. The van der Waals surface area contributed by atoms with Crippen molar-refractivity contribution >= 4 is 22.7 Å². The van der Waals surface area contributed by atoms with Crippen molar-refractivity contribution in [2.24, 2.45) is 0 Å². The number of nitrogens with one attached hydrogen (secondary N) is 1. The SMILES string of the molecule is CN(C)c1ncc2[nH]c(C3CCN(c4ccccc4)CC3)cc2n1. The van der Waals surface area contributed by atoms with Crippen molar-refractivity contribution in [2.45, 2.75) is 18.8 Å². The highest BCUT2D eigenvalue weighted by Crippen LogP contribution is 2.31. The van der Waals surface area contributed by atoms with Crippen LogP contribution in [-0.4, -0.2) is 42.1 Å². The molecule has 0 aliphatic carbocycles. The van der Waals surface area contributed by atoms with Crippen molar-refractivity contribution in [3.63, 3.8) is 0 Å². The smallest absolute Gasteiger partial charge is 0.225 e. The van der Waals surface area contributed by atoms with Crippen LogP contribution in [0.2, 0.25) is 0 Å². The van der Waals surface area contributed by atoms with E-state index in [2.05, 4.69) is 56.3 Å². The summed E-state index contributed by atoms with van der Waals surface area (Å²) in [5.41, 5.74) is 4.66. The molecular formula is C19H23N5. The number of rotatable bonds is 3. The number of aromatic nitrogens is 3. The van der Waals surface area contributed by atoms with Crippen LogP contribution in [0.1, 0.15) is 24.5 Å². The number of H-pyrrole nitrogens is 1. The largest absolute Gasteiger partial charge is 0.371 e. The third-order valence-corrected chi connectivity index (χ3v) is 4.83. The maximum absolute atomic E-state index is 4.63. The topological polar surface area (TPSA) is 48.1 Å². The maximum atomic E-state index is 4.63. The van der Waals surface area contributed by atoms with E-state index in [9.17, 15) is 0 Å². The lowest BCUT2D eigenvalue weighted by Gasteiger charge is -2.33. The van der Waals surface area contributed by atoms with E-state index in [0.29, 0.717) is 5.92 Å². The van der Waals surface area contributed by atoms with Gasteiger partial charge in [0.15, 0.2) is 0 Å². The van der Waals surface area contributed by atoms with Crippen molar-refractivity contribution in [3.8, 4) is 0 Å². The molecule has 1 aromatic carbocycles. The molecule has 1 N–H and O–H groups in total. The van der Waals surface area contributed by atoms with Crippen molar-refractivity contribution in [2.75, 3.05) is 37.0 Å². The summed E-state index contributed by atoms with van der Waals surface area (Å²) in [5.74, 6) is 1.33. The number of piperidine rings is 1. The molecule has 3 heterocycles. The van der Waals surface area contributed by atoms with E-state index in [-0.39, 0.29) is 0 Å². The molecule has 0 spiro atoms. The van der Waals surface area contributed by atoms with E-state index in [1.165, 1.54) is 11.4 Å². The van der Waals surface area contributed by atoms with E-state index in [1.807, 2.05) is 25.2 Å². The van der Waals surface area contributed by atoms with E-state index in [1.54, 1.807) is 0 Å². The summed E-state index contributed by atoms with van der Waals surface area (Å²) >= 11 is 0. The first-order valence-corrected chi connectivity index (χ1v) is 8.53. The minimum Gasteiger partial charge on any atom is -0.371 e. The van der Waals surface area contributed by atoms with Crippen LogP contribution in [0.25, 0.3) is 11.0 Å². The summed E-state index contributed by atoms with van der Waals surface area (Å²) in [6.07, 6.45) is 4.21. The molecule has 0 radical (unpaired) electrons. The fraction of sp³-hybridized carbons (Fsp3) is 0.368. The fourth-order valence-electron chi connectivity index (χ4n) is 3.45. The number of hydrogen-bond donors (Lipinski definition) is 1. The van der Waals surface area contributed by atoms with Gasteiger partial charge in [-0.15, -0.1) is 0 Å². The number of anilines is 2. The summed E-state index contributed by atoms with van der Waals surface area (Å²) in [6.45, 7) is 2.19. The molecule has 2 aromatic heterocycles. The summed E-state index contributed by atoms with van der Waals surface area (Å²) in [4.78, 5) is 17.0. The van der Waals surface area contributed by atoms with Crippen molar-refractivity contribution < 1.29 is 0 Å². The summed E-state index contributed by atoms with van der Waals surface area (Å²) < 4.78 is 0. The van der Waals surface area contributed by atoms with Gasteiger partial charge in [-0.3, -0.25) is 0 Å². The van der Waals surface area contributed by atoms with Crippen LogP contribution in [-0.2, 0) is 0 Å². The molecule has 0 atom stereocenters. The zero-order valence-electron chi connectivity index (χ0n) is 14.2. The molecule has 1 aliphatic rings. The van der Waals surface area contributed by atoms with E-state index >= 15 is 0 Å². The van der Waals surface area contributed by atoms with Gasteiger partial charge in [-0.2, -0.15) is 0 Å². The zero-order valence-corrected chi connectivity index (χ0v) is 14.2. The third-order valence-electron chi connectivity index (χ3n) is 4.83. The first kappa shape index (κ1) is 15.0. The van der Waals surface area contributed by atoms with Gasteiger partial charge in [-0.05, 0) is 31.0 Å². The minimum atomic E-state index is 0.571. The first-order chi connectivity index (χ1) is 11.7. The quantitative estimate of drug-likeness (QED) is 0.803. The lowest BCUT2D eigenvalue weighted by molar-refractivity contribution is 0.498. The molecule has 24 heavy (non-hydrogen) atoms. The highest BCUT2D eigenvalue weighted by atomic mass is 15.2. The second-order valence-electron chi connectivity index (χ2n) is 6.68. The Morgan fingerprint density at radius 2 is 1.88 bits per heavy atom. The van der Waals surface area contributed by atoms with Crippen molar-refractivity contribution in [3.05, 3.63) is 48.3 Å². The van der Waals surface area contributed by atoms with Gasteiger partial charge in [0.1, 0.15) is 0 Å². The Bertz CT molecular complexity index is 816. The van der Waals surface area contributed by atoms with Crippen LogP contribution in [0.4, 0.5) is 11.6 Å². The Balaban J connectivity index is 1.50. The second-order valence-corrected chi connectivity index (χ2v) is 6.68. The van der Waals surface area contributed by atoms with Crippen LogP contribution in [0.15, 0.2) is 42.6 Å². The van der Waals surface area contributed by atoms with Crippen LogP contribution < -0.4 is 9.80 Å². The summed E-state index contributed by atoms with van der Waals surface area (Å²) in [7, 11) is 3.93. The van der Waals surface area contributed by atoms with Gasteiger partial charge in [0.05, 0.1) is 17.2 Å². The van der Waals surface area contributed by atoms with Crippen LogP contribution in [0, 0.1) is 0 Å². The van der Waals surface area contributed by atoms with Gasteiger partial charge in [0.2, 0.25) is 5.95 Å². The van der Waals surface area contributed by atoms with Gasteiger partial charge in [0, 0.05) is 44.5 Å². The lowest BCUT2D eigenvalue weighted by Crippen LogP contribution is -2.32. The normalized spacial score (nSPS) is 15.8. The molecule has 0 bridgehead atoms. The molecular weight excluding hydrogens is 298 g/mol. The predicted molar refractivity (Wildman–Crippen MR) is 98.8 cm³/mol. The predicted octanol–water partition coefficient (Wildman–Crippen LogP) is 3.41. The number of para-hydroxylation sites is 1. The number of fused-ring (bicyclic) bond motifs is 1. The number of hydrogen-bond acceptors (Lipinski definition) is 4. The van der Waals surface area contributed by atoms with Crippen molar-refractivity contribution in [1.82, 2.24) is 15.0 Å². The molecule has 5 heteroatoms. The van der Waals surface area contributed by atoms with Crippen molar-refractivity contribution in [1.29, 1.82) is 0 Å². The Morgan fingerprint density at radius 3 is 2.58 bits per heavy atom. The number of nitrogens with zero attached hydrogens (tertiary/aromatic N) is 4. The highest BCUT2D eigenvalue weighted by Gasteiger charge is 2.22. The van der Waals surface area contributed by atoms with Crippen LogP contribution in [0.5, 0.6) is 0 Å². The molecule has 0 unspecified atom stereocenters. The molecule has 124 valence electrons. The lowest BCUT2D eigenvalue weighted by atomic mass is 9.93. The van der Waals surface area contributed by atoms with Gasteiger partial charge in [0.25, 0.3) is 0 Å². The molecule has 3 aromatic rings. The Hall–Kier alpha value is -2.56. The molecule has 1 aliphatic heterocycles. The minimum absolute atomic E-state index is 0.571. The van der Waals surface area contributed by atoms with Gasteiger partial charge >= 0.3 is 0 Å². The van der Waals surface area contributed by atoms with Gasteiger partial charge in [-0.1, -0.05) is 18.2 Å². The molecule has 1 fully saturated rings. The standard InChI is InChI=1S/C19H23N5/c1-23(2)19-20-13-18-17(22-19)12-16(21-18)14-8-10-24(11-9-14)15-6-4-3-5-7-15/h3-7,12-14,21H,8-11H2,1-2H3. The molecule has 0 saturated carbocycles. The maximum Gasteiger partial charge on any atom is 0.225 e. The number of benzene rings is 1. The van der Waals surface area contributed by atoms with Crippen LogP contribution >= 0.6 is 0 Å². The third kappa shape index (κ3) is 2.82. The Kier molecular flexibility index (Phi) is 3.84. The fourth-order valence-corrected chi connectivity index (χ4v) is 3.45. The summed E-state index contributed by atoms with van der Waals surface area (Å²) in [5, 5.41) is 0. The zero-order chi connectivity index (χ0) is 16.5. The average molecular weight is 321 g/mol. The summed E-state index contributed by atoms with van der Waals surface area (Å²) in [6, 6.07) is 12.9. The van der Waals surface area contributed by atoms with E-state index < -0.39 is 0 Å². The second kappa shape index (κ2) is 6.15. The van der Waals surface area contributed by atoms with Crippen LogP contribution in [0.3, 0.4) is 0 Å². The van der Waals surface area contributed by atoms with E-state index in [4.69, 9.17) is 0 Å². The molecule has 5 nitrogen and oxygen atoms in total. The Labute approximate surface area is 142 Å². The monoisotopic (exact) mass is 321 g/mol. The van der Waals surface area contributed by atoms with E-state index in [0.717, 1.165) is 42.9 Å². The molecule has 0 amide bonds. The molecule has 4 rings (SSSR count).